The van der Waals surface area contributed by atoms with E-state index in [2.05, 4.69) is 41.5 Å². The van der Waals surface area contributed by atoms with Crippen LogP contribution in [-0.4, -0.2) is 136 Å². The van der Waals surface area contributed by atoms with Crippen molar-refractivity contribution in [1.82, 2.24) is 0 Å². The summed E-state index contributed by atoms with van der Waals surface area (Å²) in [7, 11) is 0. The third kappa shape index (κ3) is 131. The molecular formula is C108H228O12. The zero-order valence-electron chi connectivity index (χ0n) is 83.4. The molecule has 6 unspecified atom stereocenters. The fourth-order valence-corrected chi connectivity index (χ4v) is 16.1. The van der Waals surface area contributed by atoms with Crippen LogP contribution in [0.5, 0.6) is 0 Å². The molecule has 0 aromatic carbocycles. The van der Waals surface area contributed by atoms with Crippen LogP contribution in [0.4, 0.5) is 0 Å². The molecule has 120 heavy (non-hydrogen) atoms. The van der Waals surface area contributed by atoms with E-state index in [1.807, 2.05) is 13.8 Å². The molecule has 0 aromatic rings. The van der Waals surface area contributed by atoms with Crippen LogP contribution >= 0.6 is 0 Å². The van der Waals surface area contributed by atoms with E-state index in [9.17, 15) is 30.6 Å². The Labute approximate surface area is 752 Å². The number of hydrogen-bond donors (Lipinski definition) is 12. The summed E-state index contributed by atoms with van der Waals surface area (Å²) in [5.41, 5.74) is -2.09. The van der Waals surface area contributed by atoms with Crippen LogP contribution in [0.3, 0.4) is 0 Å². The van der Waals surface area contributed by atoms with Gasteiger partial charge in [0.1, 0.15) is 0 Å². The van der Waals surface area contributed by atoms with Crippen molar-refractivity contribution >= 4 is 0 Å². The fourth-order valence-electron chi connectivity index (χ4n) is 16.1. The number of rotatable bonds is 93. The zero-order chi connectivity index (χ0) is 90.0. The Morgan fingerprint density at radius 1 is 0.158 bits per heavy atom. The number of hydrogen-bond acceptors (Lipinski definition) is 12. The van der Waals surface area contributed by atoms with Gasteiger partial charge >= 0.3 is 0 Å². The lowest BCUT2D eigenvalue weighted by molar-refractivity contribution is -0.00696. The van der Waals surface area contributed by atoms with E-state index in [4.69, 9.17) is 30.6 Å². The van der Waals surface area contributed by atoms with Crippen LogP contribution in [0.25, 0.3) is 0 Å². The Hall–Kier alpha value is -0.480. The number of unbranched alkanes of at least 4 members (excludes halogenated alkanes) is 69. The minimum absolute atomic E-state index is 0.0849. The highest BCUT2D eigenvalue weighted by Gasteiger charge is 2.20. The molecule has 0 aliphatic carbocycles. The largest absolute Gasteiger partial charge is 0.396 e. The van der Waals surface area contributed by atoms with Crippen molar-refractivity contribution in [2.75, 3.05) is 39.6 Å². The van der Waals surface area contributed by atoms with Gasteiger partial charge in [-0.1, -0.05) is 523 Å². The third-order valence-electron chi connectivity index (χ3n) is 24.9. The lowest BCUT2D eigenvalue weighted by Gasteiger charge is -2.22. The third-order valence-corrected chi connectivity index (χ3v) is 24.9. The van der Waals surface area contributed by atoms with Gasteiger partial charge < -0.3 is 61.3 Å². The molecule has 0 spiro atoms. The van der Waals surface area contributed by atoms with E-state index in [-0.39, 0.29) is 51.8 Å². The first-order chi connectivity index (χ1) is 58.3. The number of aliphatic hydroxyl groups excluding tert-OH is 9. The Bertz CT molecular complexity index is 1700. The molecule has 0 fully saturated rings. The molecule has 0 aliphatic rings. The summed E-state index contributed by atoms with van der Waals surface area (Å²) in [6.45, 7) is 19.5. The Kier molecular flexibility index (Phi) is 124. The van der Waals surface area contributed by atoms with E-state index in [1.54, 1.807) is 6.92 Å². The van der Waals surface area contributed by atoms with Crippen LogP contribution in [0, 0.1) is 0 Å². The normalized spacial score (nSPS) is 13.6. The van der Waals surface area contributed by atoms with Crippen LogP contribution in [0.2, 0.25) is 0 Å². The van der Waals surface area contributed by atoms with E-state index in [1.165, 1.54) is 443 Å². The van der Waals surface area contributed by atoms with E-state index < -0.39 is 22.9 Å². The summed E-state index contributed by atoms with van der Waals surface area (Å²) in [4.78, 5) is 0. The molecule has 0 saturated heterocycles. The van der Waals surface area contributed by atoms with Gasteiger partial charge in [-0.3, -0.25) is 0 Å². The topological polar surface area (TPSA) is 243 Å². The molecule has 0 saturated carbocycles. The summed E-state index contributed by atoms with van der Waals surface area (Å²) in [5.74, 6) is 0. The van der Waals surface area contributed by atoms with Crippen molar-refractivity contribution < 1.29 is 61.3 Å². The first kappa shape index (κ1) is 130. The molecule has 0 radical (unpaired) electrons. The number of aliphatic hydroxyl groups is 12. The first-order valence-electron chi connectivity index (χ1n) is 54.2. The summed E-state index contributed by atoms with van der Waals surface area (Å²) in [6, 6.07) is 0. The van der Waals surface area contributed by atoms with Gasteiger partial charge in [-0.05, 0) is 97.8 Å². The van der Waals surface area contributed by atoms with E-state index in [0.717, 1.165) is 96.3 Å². The maximum Gasteiger partial charge on any atom is 0.0849 e. The van der Waals surface area contributed by atoms with Crippen molar-refractivity contribution in [3.63, 3.8) is 0 Å². The van der Waals surface area contributed by atoms with Gasteiger partial charge in [0.2, 0.25) is 0 Å². The van der Waals surface area contributed by atoms with Crippen molar-refractivity contribution in [1.29, 1.82) is 0 Å². The van der Waals surface area contributed by atoms with Crippen LogP contribution < -0.4 is 0 Å². The highest BCUT2D eigenvalue weighted by atomic mass is 16.3. The monoisotopic (exact) mass is 1720 g/mol. The van der Waals surface area contributed by atoms with Gasteiger partial charge in [0.15, 0.2) is 0 Å². The Morgan fingerprint density at radius 3 is 0.517 bits per heavy atom. The predicted molar refractivity (Wildman–Crippen MR) is 528 cm³/mol. The second-order valence-electron chi connectivity index (χ2n) is 38.5. The van der Waals surface area contributed by atoms with Crippen molar-refractivity contribution in [2.24, 2.45) is 0 Å². The summed E-state index contributed by atoms with van der Waals surface area (Å²) >= 11 is 0. The summed E-state index contributed by atoms with van der Waals surface area (Å²) in [5, 5.41) is 111. The smallest absolute Gasteiger partial charge is 0.0849 e. The van der Waals surface area contributed by atoms with Gasteiger partial charge in [0.05, 0.1) is 48.3 Å². The maximum absolute atomic E-state index is 10.1. The molecular weight excluding hydrogens is 1490 g/mol. The fraction of sp³-hybridized carbons (Fsp3) is 1.00. The minimum atomic E-state index is -0.863. The maximum atomic E-state index is 10.1. The minimum Gasteiger partial charge on any atom is -0.396 e. The Balaban J connectivity index is -0.000000325. The molecule has 12 heteroatoms. The lowest BCUT2D eigenvalue weighted by Crippen LogP contribution is -2.28. The summed E-state index contributed by atoms with van der Waals surface area (Å²) in [6.07, 6.45) is 109. The molecule has 12 nitrogen and oxygen atoms in total. The summed E-state index contributed by atoms with van der Waals surface area (Å²) < 4.78 is 0. The van der Waals surface area contributed by atoms with E-state index >= 15 is 0 Å². The molecule has 6 atom stereocenters. The van der Waals surface area contributed by atoms with Crippen molar-refractivity contribution in [3.8, 4) is 0 Å². The van der Waals surface area contributed by atoms with E-state index in [0.29, 0.717) is 19.3 Å². The molecule has 0 aliphatic heterocycles. The van der Waals surface area contributed by atoms with Gasteiger partial charge in [-0.2, -0.15) is 0 Å². The van der Waals surface area contributed by atoms with Gasteiger partial charge in [-0.25, -0.2) is 0 Å². The van der Waals surface area contributed by atoms with Gasteiger partial charge in [0, 0.05) is 26.4 Å². The van der Waals surface area contributed by atoms with Crippen molar-refractivity contribution in [3.05, 3.63) is 0 Å². The standard InChI is InChI=1S/6C18H38O2/c1-3-4-5-6-7-8-9-10-11-12-13-15-18(2,20)16-14-17-19;1-3-4-5-6-7-8-9-10-11-12-13-14-15-18(2,20)16-17-19;1-3-4-5-6-7-8-9-10-11-12-13-14-15-16-18(2,20)17-19;1-2-3-4-5-6-7-8-9-10-11-12-13-15-18(20)16-14-17-19;1-2-3-4-5-6-7-8-9-10-11-12-13-14-15-18(20)16-17-19;1-2-3-4-5-6-7-8-9-10-11-12-13-14-15-16-18(20)17-19/h3*19-20H,3-17H2,1-2H3;3*18-20H,2-17H2,1H3. The Morgan fingerprint density at radius 2 is 0.325 bits per heavy atom. The SMILES string of the molecule is CCCCCCCCCCCCCC(C)(O)CCCO.CCCCCCCCCCCCCCC(C)(O)CCO.CCCCCCCCCCCCCCC(O)CCCO.CCCCCCCCCCCCCCCC(C)(O)CO.CCCCCCCCCCCCCCCC(O)CCO.CCCCCCCCCCCCCCCCC(O)CO. The average molecular weight is 1720 g/mol. The first-order valence-corrected chi connectivity index (χ1v) is 54.2. The second kappa shape index (κ2) is 115. The molecule has 0 amide bonds. The van der Waals surface area contributed by atoms with Crippen molar-refractivity contribution in [2.45, 2.75) is 656 Å². The van der Waals surface area contributed by atoms with Crippen LogP contribution in [0.15, 0.2) is 0 Å². The molecule has 0 aromatic heterocycles. The lowest BCUT2D eigenvalue weighted by atomic mass is 9.93. The highest BCUT2D eigenvalue weighted by molar-refractivity contribution is 4.74. The zero-order valence-corrected chi connectivity index (χ0v) is 83.4. The molecule has 0 rings (SSSR count). The molecule has 12 N–H and O–H groups in total. The quantitative estimate of drug-likeness (QED) is 0.0255. The second-order valence-corrected chi connectivity index (χ2v) is 38.5. The highest BCUT2D eigenvalue weighted by Crippen LogP contribution is 2.25. The molecule has 0 heterocycles. The molecule has 732 valence electrons. The van der Waals surface area contributed by atoms with Gasteiger partial charge in [0.25, 0.3) is 0 Å². The van der Waals surface area contributed by atoms with Gasteiger partial charge in [-0.15, -0.1) is 0 Å². The average Bonchev–Trinajstić information content (AvgIpc) is 0.932. The van der Waals surface area contributed by atoms with Crippen LogP contribution in [0.1, 0.15) is 621 Å². The predicted octanol–water partition coefficient (Wildman–Crippen LogP) is 31.3. The van der Waals surface area contributed by atoms with Crippen LogP contribution in [-0.2, 0) is 0 Å². The molecule has 0 bridgehead atoms.